The summed E-state index contributed by atoms with van der Waals surface area (Å²) < 4.78 is 33.7. The topological polar surface area (TPSA) is 109 Å². The number of aromatic nitrogens is 2. The van der Waals surface area contributed by atoms with E-state index >= 15 is 0 Å². The first kappa shape index (κ1) is 21.8. The number of carboxylic acids is 1. The van der Waals surface area contributed by atoms with Crippen LogP contribution in [0.3, 0.4) is 0 Å². The summed E-state index contributed by atoms with van der Waals surface area (Å²) in [6, 6.07) is 5.28. The minimum atomic E-state index is -2.70. The lowest BCUT2D eigenvalue weighted by Gasteiger charge is -2.23. The minimum Gasteiger partial charge on any atom is -0.493 e. The van der Waals surface area contributed by atoms with E-state index in [0.717, 1.165) is 35.2 Å². The smallest absolute Gasteiger partial charge is 0.304 e. The second-order valence-electron chi connectivity index (χ2n) is 7.90. The number of fused-ring (bicyclic) bond motifs is 2. The highest BCUT2D eigenvalue weighted by atomic mass is 19.3. The Bertz CT molecular complexity index is 973. The molecule has 1 atom stereocenters. The number of carboxylic acid groups (broad SMARTS) is 1. The number of anilines is 1. The highest BCUT2D eigenvalue weighted by Crippen LogP contribution is 2.28. The van der Waals surface area contributed by atoms with Crippen molar-refractivity contribution in [2.45, 2.75) is 32.2 Å². The number of nitrogens with one attached hydrogen (secondary N) is 2. The second kappa shape index (κ2) is 9.41. The molecule has 1 aromatic heterocycles. The van der Waals surface area contributed by atoms with Gasteiger partial charge >= 0.3 is 5.97 Å². The molecule has 1 aromatic carbocycles. The molecule has 3 N–H and O–H groups in total. The molecule has 2 aliphatic rings. The van der Waals surface area contributed by atoms with E-state index in [2.05, 4.69) is 15.7 Å². The molecule has 11 heteroatoms. The number of aliphatic carboxylic acids is 1. The highest BCUT2D eigenvalue weighted by Gasteiger charge is 2.32. The van der Waals surface area contributed by atoms with Crippen molar-refractivity contribution in [1.29, 1.82) is 0 Å². The number of alkyl halides is 2. The van der Waals surface area contributed by atoms with Crippen molar-refractivity contribution >= 4 is 17.8 Å². The fraction of sp³-hybridized carbons (Fsp3) is 0.476. The van der Waals surface area contributed by atoms with E-state index in [1.54, 1.807) is 18.2 Å². The van der Waals surface area contributed by atoms with Gasteiger partial charge in [0.05, 0.1) is 37.4 Å². The summed E-state index contributed by atoms with van der Waals surface area (Å²) in [4.78, 5) is 29.4. The van der Waals surface area contributed by atoms with Crippen LogP contribution in [0.5, 0.6) is 5.75 Å². The molecule has 0 aliphatic carbocycles. The van der Waals surface area contributed by atoms with Crippen molar-refractivity contribution in [3.8, 4) is 5.75 Å². The Labute approximate surface area is 183 Å². The number of carbonyl (C=O) groups is 2. The first-order chi connectivity index (χ1) is 15.4. The van der Waals surface area contributed by atoms with Crippen LogP contribution in [0.4, 0.5) is 14.7 Å². The maximum atomic E-state index is 13.0. The largest absolute Gasteiger partial charge is 0.493 e. The van der Waals surface area contributed by atoms with E-state index in [1.807, 2.05) is 10.9 Å². The third kappa shape index (κ3) is 5.09. The normalized spacial score (nSPS) is 17.8. The van der Waals surface area contributed by atoms with Crippen molar-refractivity contribution in [2.24, 2.45) is 5.92 Å². The zero-order valence-electron chi connectivity index (χ0n) is 17.4. The molecule has 32 heavy (non-hydrogen) atoms. The fourth-order valence-corrected chi connectivity index (χ4v) is 4.04. The van der Waals surface area contributed by atoms with Crippen LogP contribution in [0.25, 0.3) is 0 Å². The Balaban J connectivity index is 1.44. The van der Waals surface area contributed by atoms with Gasteiger partial charge in [-0.2, -0.15) is 0 Å². The van der Waals surface area contributed by atoms with Gasteiger partial charge in [-0.3, -0.25) is 9.59 Å². The molecule has 2 aliphatic heterocycles. The number of benzene rings is 1. The Morgan fingerprint density at radius 2 is 2.16 bits per heavy atom. The molecule has 172 valence electrons. The lowest BCUT2D eigenvalue weighted by molar-refractivity contribution is -0.145. The van der Waals surface area contributed by atoms with Crippen LogP contribution in [-0.2, 0) is 29.0 Å². The summed E-state index contributed by atoms with van der Waals surface area (Å²) in [6.45, 7) is 1.26. The number of hydrogen-bond donors (Lipinski definition) is 3. The van der Waals surface area contributed by atoms with Crippen LogP contribution in [0.15, 0.2) is 24.4 Å². The predicted octanol–water partition coefficient (Wildman–Crippen LogP) is 1.71. The Morgan fingerprint density at radius 1 is 1.31 bits per heavy atom. The van der Waals surface area contributed by atoms with Crippen molar-refractivity contribution < 1.29 is 28.2 Å². The summed E-state index contributed by atoms with van der Waals surface area (Å²) in [5.74, 6) is -1.23. The Morgan fingerprint density at radius 3 is 2.91 bits per heavy atom. The van der Waals surface area contributed by atoms with Gasteiger partial charge in [-0.05, 0) is 29.7 Å². The van der Waals surface area contributed by atoms with Crippen molar-refractivity contribution in [2.75, 3.05) is 37.0 Å². The van der Waals surface area contributed by atoms with E-state index in [9.17, 15) is 18.4 Å². The van der Waals surface area contributed by atoms with E-state index in [1.165, 1.54) is 0 Å². The standard InChI is InChI=1S/C21H25F2N5O4/c22-18(23)12-27-10-15-8-17(2-1-13(15)7-14(20(27)31)9-19(29)30)32-6-3-16-11-28-21(26-16)24-4-5-25-28/h1-2,8,11,14,18,25H,3-7,9-10,12H2,(H,24,26)(H,29,30). The molecule has 0 saturated carbocycles. The molecule has 0 saturated heterocycles. The lowest BCUT2D eigenvalue weighted by atomic mass is 9.94. The van der Waals surface area contributed by atoms with Crippen LogP contribution in [0.1, 0.15) is 23.2 Å². The zero-order chi connectivity index (χ0) is 22.7. The average molecular weight is 449 g/mol. The van der Waals surface area contributed by atoms with Crippen LogP contribution >= 0.6 is 0 Å². The number of hydrogen-bond acceptors (Lipinski definition) is 6. The van der Waals surface area contributed by atoms with Gasteiger partial charge in [-0.25, -0.2) is 18.4 Å². The number of nitrogens with zero attached hydrogens (tertiary/aromatic N) is 3. The number of imidazole rings is 1. The molecule has 2 aromatic rings. The van der Waals surface area contributed by atoms with E-state index in [-0.39, 0.29) is 13.0 Å². The average Bonchev–Trinajstić information content (AvgIpc) is 3.11. The molecule has 3 heterocycles. The Hall–Kier alpha value is -3.37. The van der Waals surface area contributed by atoms with E-state index in [0.29, 0.717) is 24.3 Å². The van der Waals surface area contributed by atoms with Crippen LogP contribution < -0.4 is 15.5 Å². The molecule has 1 amide bonds. The first-order valence-corrected chi connectivity index (χ1v) is 10.5. The molecular weight excluding hydrogens is 424 g/mol. The maximum Gasteiger partial charge on any atom is 0.304 e. The molecule has 4 rings (SSSR count). The summed E-state index contributed by atoms with van der Waals surface area (Å²) in [5.41, 5.74) is 5.52. The monoisotopic (exact) mass is 449 g/mol. The summed E-state index contributed by atoms with van der Waals surface area (Å²) in [7, 11) is 0. The molecule has 1 unspecified atom stereocenters. The molecule has 0 spiro atoms. The van der Waals surface area contributed by atoms with Gasteiger partial charge in [0.2, 0.25) is 11.9 Å². The third-order valence-electron chi connectivity index (χ3n) is 5.52. The van der Waals surface area contributed by atoms with Gasteiger partial charge in [0, 0.05) is 26.1 Å². The van der Waals surface area contributed by atoms with Gasteiger partial charge in [-0.1, -0.05) is 6.07 Å². The van der Waals surface area contributed by atoms with Gasteiger partial charge < -0.3 is 25.5 Å². The number of halogens is 2. The quantitative estimate of drug-likeness (QED) is 0.563. The molecule has 0 radical (unpaired) electrons. The molecule has 0 fully saturated rings. The number of ether oxygens (including phenoxy) is 1. The zero-order valence-corrected chi connectivity index (χ0v) is 17.4. The van der Waals surface area contributed by atoms with Gasteiger partial charge in [0.15, 0.2) is 0 Å². The summed E-state index contributed by atoms with van der Waals surface area (Å²) in [5, 5.41) is 12.3. The van der Waals surface area contributed by atoms with Crippen molar-refractivity contribution in [3.63, 3.8) is 0 Å². The third-order valence-corrected chi connectivity index (χ3v) is 5.52. The highest BCUT2D eigenvalue weighted by molar-refractivity contribution is 5.84. The maximum absolute atomic E-state index is 13.0. The molecule has 9 nitrogen and oxygen atoms in total. The van der Waals surface area contributed by atoms with Gasteiger partial charge in [0.25, 0.3) is 6.43 Å². The minimum absolute atomic E-state index is 0.00304. The van der Waals surface area contributed by atoms with E-state index in [4.69, 9.17) is 9.84 Å². The Kier molecular flexibility index (Phi) is 6.42. The van der Waals surface area contributed by atoms with Crippen LogP contribution in [-0.4, -0.2) is 64.2 Å². The van der Waals surface area contributed by atoms with Gasteiger partial charge in [-0.15, -0.1) is 0 Å². The second-order valence-corrected chi connectivity index (χ2v) is 7.90. The number of rotatable bonds is 8. The van der Waals surface area contributed by atoms with Gasteiger partial charge in [0.1, 0.15) is 5.75 Å². The fourth-order valence-electron chi connectivity index (χ4n) is 4.04. The van der Waals surface area contributed by atoms with E-state index < -0.39 is 37.2 Å². The lowest BCUT2D eigenvalue weighted by Crippen LogP contribution is -2.38. The van der Waals surface area contributed by atoms with Crippen LogP contribution in [0, 0.1) is 5.92 Å². The van der Waals surface area contributed by atoms with Crippen molar-refractivity contribution in [3.05, 3.63) is 41.2 Å². The van der Waals surface area contributed by atoms with Crippen molar-refractivity contribution in [1.82, 2.24) is 14.6 Å². The summed E-state index contributed by atoms with van der Waals surface area (Å²) in [6.07, 6.45) is -0.416. The number of carbonyl (C=O) groups excluding carboxylic acids is 1. The SMILES string of the molecule is O=C(O)CC1Cc2ccc(OCCc3cn4c(n3)NCCN4)cc2CN(CC(F)F)C1=O. The molecule has 0 bridgehead atoms. The molecular formula is C21H25F2N5O4. The number of amides is 1. The predicted molar refractivity (Wildman–Crippen MR) is 111 cm³/mol. The summed E-state index contributed by atoms with van der Waals surface area (Å²) >= 11 is 0. The first-order valence-electron chi connectivity index (χ1n) is 10.5. The van der Waals surface area contributed by atoms with Crippen LogP contribution in [0.2, 0.25) is 0 Å².